The molecule has 0 aromatic carbocycles. The molecule has 114 valence electrons. The second-order valence-electron chi connectivity index (χ2n) is 5.94. The fourth-order valence-corrected chi connectivity index (χ4v) is 2.50. The zero-order valence-corrected chi connectivity index (χ0v) is 13.6. The summed E-state index contributed by atoms with van der Waals surface area (Å²) in [6, 6.07) is 1.70. The van der Waals surface area contributed by atoms with Gasteiger partial charge in [0.25, 0.3) is 0 Å². The van der Waals surface area contributed by atoms with Crippen LogP contribution in [0.2, 0.25) is 0 Å². The van der Waals surface area contributed by atoms with E-state index in [1.54, 1.807) is 29.8 Å². The second-order valence-corrected chi connectivity index (χ2v) is 7.25. The van der Waals surface area contributed by atoms with Crippen molar-refractivity contribution < 1.29 is 4.39 Å². The van der Waals surface area contributed by atoms with Gasteiger partial charge in [0.15, 0.2) is 11.6 Å². The third kappa shape index (κ3) is 4.75. The van der Waals surface area contributed by atoms with Gasteiger partial charge in [0.05, 0.1) is 11.6 Å². The van der Waals surface area contributed by atoms with Crippen LogP contribution in [0.25, 0.3) is 0 Å². The molecule has 2 rings (SSSR count). The molecule has 6 heteroatoms. The van der Waals surface area contributed by atoms with Crippen LogP contribution < -0.4 is 10.6 Å². The molecule has 2 heterocycles. The van der Waals surface area contributed by atoms with Crippen molar-refractivity contribution in [2.24, 2.45) is 0 Å². The molecule has 2 aromatic heterocycles. The fraction of sp³-hybridized carbons (Fsp3) is 0.467. The normalized spacial score (nSPS) is 11.7. The smallest absolute Gasteiger partial charge is 0.169 e. The molecular weight excluding hydrogens is 287 g/mol. The topological polar surface area (TPSA) is 49.8 Å². The molecule has 21 heavy (non-hydrogen) atoms. The summed E-state index contributed by atoms with van der Waals surface area (Å²) >= 11 is 1.59. The second kappa shape index (κ2) is 6.49. The van der Waals surface area contributed by atoms with Crippen LogP contribution >= 0.6 is 11.3 Å². The molecule has 4 nitrogen and oxygen atoms in total. The highest BCUT2D eigenvalue weighted by molar-refractivity contribution is 7.11. The Hall–Kier alpha value is -1.53. The number of rotatable bonds is 5. The summed E-state index contributed by atoms with van der Waals surface area (Å²) < 4.78 is 14.4. The standard InChI is InChI=1S/C15H21FN4S/c1-10-18-8-12(21-10)9-19-14-13(16)11(5-6-17-14)7-20-15(2,3)4/h5-6,8,20H,7,9H2,1-4H3,(H,17,19). The third-order valence-electron chi connectivity index (χ3n) is 2.88. The van der Waals surface area contributed by atoms with E-state index in [9.17, 15) is 4.39 Å². The van der Waals surface area contributed by atoms with E-state index in [1.165, 1.54) is 0 Å². The van der Waals surface area contributed by atoms with Gasteiger partial charge in [-0.3, -0.25) is 0 Å². The number of pyridine rings is 1. The number of thiazole rings is 1. The molecular formula is C15H21FN4S. The predicted octanol–water partition coefficient (Wildman–Crippen LogP) is 3.49. The maximum Gasteiger partial charge on any atom is 0.169 e. The minimum absolute atomic E-state index is 0.0521. The molecule has 0 saturated carbocycles. The van der Waals surface area contributed by atoms with E-state index in [0.29, 0.717) is 18.7 Å². The van der Waals surface area contributed by atoms with Crippen molar-refractivity contribution in [3.8, 4) is 0 Å². The van der Waals surface area contributed by atoms with Crippen LogP contribution in [0, 0.1) is 12.7 Å². The largest absolute Gasteiger partial charge is 0.363 e. The van der Waals surface area contributed by atoms with Gasteiger partial charge >= 0.3 is 0 Å². The number of hydrogen-bond acceptors (Lipinski definition) is 5. The van der Waals surface area contributed by atoms with E-state index < -0.39 is 0 Å². The van der Waals surface area contributed by atoms with Crippen molar-refractivity contribution in [2.45, 2.75) is 46.3 Å². The highest BCUT2D eigenvalue weighted by Gasteiger charge is 2.13. The SMILES string of the molecule is Cc1ncc(CNc2nccc(CNC(C)(C)C)c2F)s1. The van der Waals surface area contributed by atoms with Gasteiger partial charge in [-0.1, -0.05) is 0 Å². The lowest BCUT2D eigenvalue weighted by molar-refractivity contribution is 0.418. The van der Waals surface area contributed by atoms with Crippen LogP contribution in [-0.4, -0.2) is 15.5 Å². The van der Waals surface area contributed by atoms with E-state index in [4.69, 9.17) is 0 Å². The van der Waals surface area contributed by atoms with Gasteiger partial charge in [0, 0.05) is 34.9 Å². The van der Waals surface area contributed by atoms with E-state index in [2.05, 4.69) is 41.4 Å². The summed E-state index contributed by atoms with van der Waals surface area (Å²) in [6.45, 7) is 9.12. The van der Waals surface area contributed by atoms with Gasteiger partial charge in [-0.05, 0) is 33.8 Å². The quantitative estimate of drug-likeness (QED) is 0.888. The first-order valence-electron chi connectivity index (χ1n) is 6.89. The molecule has 0 unspecified atom stereocenters. The molecule has 0 fully saturated rings. The predicted molar refractivity (Wildman–Crippen MR) is 85.0 cm³/mol. The molecule has 0 atom stereocenters. The number of halogens is 1. The summed E-state index contributed by atoms with van der Waals surface area (Å²) in [5, 5.41) is 7.32. The van der Waals surface area contributed by atoms with E-state index >= 15 is 0 Å². The molecule has 0 saturated heterocycles. The van der Waals surface area contributed by atoms with E-state index in [0.717, 1.165) is 9.88 Å². The first-order valence-corrected chi connectivity index (χ1v) is 7.70. The Morgan fingerprint density at radius 1 is 1.24 bits per heavy atom. The van der Waals surface area contributed by atoms with Crippen LogP contribution in [-0.2, 0) is 13.1 Å². The molecule has 0 radical (unpaired) electrons. The lowest BCUT2D eigenvalue weighted by Crippen LogP contribution is -2.35. The van der Waals surface area contributed by atoms with Gasteiger partial charge < -0.3 is 10.6 Å². The zero-order valence-electron chi connectivity index (χ0n) is 12.8. The Bertz CT molecular complexity index is 604. The molecule has 0 amide bonds. The number of nitrogens with zero attached hydrogens (tertiary/aromatic N) is 2. The van der Waals surface area contributed by atoms with E-state index in [1.807, 2.05) is 6.92 Å². The highest BCUT2D eigenvalue weighted by atomic mass is 32.1. The molecule has 2 N–H and O–H groups in total. The zero-order chi connectivity index (χ0) is 15.5. The summed E-state index contributed by atoms with van der Waals surface area (Å²) in [5.74, 6) is -0.00949. The monoisotopic (exact) mass is 308 g/mol. The van der Waals surface area contributed by atoms with Crippen LogP contribution in [0.5, 0.6) is 0 Å². The van der Waals surface area contributed by atoms with Gasteiger partial charge in [0.2, 0.25) is 0 Å². The first-order chi connectivity index (χ1) is 9.85. The number of aryl methyl sites for hydroxylation is 1. The number of aromatic nitrogens is 2. The first kappa shape index (κ1) is 15.9. The molecule has 0 spiro atoms. The fourth-order valence-electron chi connectivity index (χ4n) is 1.76. The van der Waals surface area contributed by atoms with Crippen molar-refractivity contribution in [2.75, 3.05) is 5.32 Å². The highest BCUT2D eigenvalue weighted by Crippen LogP contribution is 2.18. The maximum atomic E-state index is 14.4. The Labute approximate surface area is 128 Å². The van der Waals surface area contributed by atoms with Crippen molar-refractivity contribution >= 4 is 17.2 Å². The van der Waals surface area contributed by atoms with Gasteiger partial charge in [0.1, 0.15) is 0 Å². The minimum Gasteiger partial charge on any atom is -0.363 e. The average Bonchev–Trinajstić information content (AvgIpc) is 2.81. The Kier molecular flexibility index (Phi) is 4.90. The van der Waals surface area contributed by atoms with Gasteiger partial charge in [-0.15, -0.1) is 11.3 Å². The Morgan fingerprint density at radius 3 is 2.62 bits per heavy atom. The Morgan fingerprint density at radius 2 is 2.00 bits per heavy atom. The van der Waals surface area contributed by atoms with Gasteiger partial charge in [-0.2, -0.15) is 0 Å². The molecule has 0 aliphatic carbocycles. The van der Waals surface area contributed by atoms with Gasteiger partial charge in [-0.25, -0.2) is 14.4 Å². The number of hydrogen-bond donors (Lipinski definition) is 2. The third-order valence-corrected chi connectivity index (χ3v) is 3.79. The molecule has 0 aliphatic heterocycles. The Balaban J connectivity index is 2.03. The van der Waals surface area contributed by atoms with Crippen LogP contribution in [0.15, 0.2) is 18.5 Å². The van der Waals surface area contributed by atoms with Crippen LogP contribution in [0.4, 0.5) is 10.2 Å². The summed E-state index contributed by atoms with van der Waals surface area (Å²) in [4.78, 5) is 9.32. The van der Waals surface area contributed by atoms with Crippen molar-refractivity contribution in [3.63, 3.8) is 0 Å². The molecule has 2 aromatic rings. The lowest BCUT2D eigenvalue weighted by Gasteiger charge is -2.21. The lowest BCUT2D eigenvalue weighted by atomic mass is 10.1. The van der Waals surface area contributed by atoms with Crippen molar-refractivity contribution in [1.29, 1.82) is 0 Å². The maximum absolute atomic E-state index is 14.4. The van der Waals surface area contributed by atoms with Crippen LogP contribution in [0.3, 0.4) is 0 Å². The van der Waals surface area contributed by atoms with E-state index in [-0.39, 0.29) is 17.2 Å². The number of nitrogens with one attached hydrogen (secondary N) is 2. The van der Waals surface area contributed by atoms with Crippen molar-refractivity contribution in [1.82, 2.24) is 15.3 Å². The molecule has 0 aliphatic rings. The van der Waals surface area contributed by atoms with Crippen molar-refractivity contribution in [3.05, 3.63) is 39.7 Å². The van der Waals surface area contributed by atoms with Crippen LogP contribution in [0.1, 0.15) is 36.2 Å². The summed E-state index contributed by atoms with van der Waals surface area (Å²) in [5.41, 5.74) is 0.562. The number of anilines is 1. The average molecular weight is 308 g/mol. The minimum atomic E-state index is -0.296. The summed E-state index contributed by atoms with van der Waals surface area (Å²) in [7, 11) is 0. The summed E-state index contributed by atoms with van der Waals surface area (Å²) in [6.07, 6.45) is 3.43. The molecule has 0 bridgehead atoms.